The Balaban J connectivity index is 2.37. The molecule has 4 nitrogen and oxygen atoms in total. The van der Waals surface area contributed by atoms with Gasteiger partial charge in [-0.1, -0.05) is 22.9 Å². The van der Waals surface area contributed by atoms with Crippen molar-refractivity contribution in [3.63, 3.8) is 0 Å². The van der Waals surface area contributed by atoms with Crippen LogP contribution in [-0.4, -0.2) is 22.7 Å². The van der Waals surface area contributed by atoms with Crippen molar-refractivity contribution in [1.29, 1.82) is 0 Å². The second-order valence-corrected chi connectivity index (χ2v) is 7.03. The molecular formula is C18H22Br2N2O2. The lowest BCUT2D eigenvalue weighted by Crippen LogP contribution is -2.03. The molecule has 0 saturated heterocycles. The molecule has 0 spiro atoms. The van der Waals surface area contributed by atoms with Crippen LogP contribution >= 0.6 is 31.9 Å². The number of H-pyrrole nitrogens is 1. The third-order valence-electron chi connectivity index (χ3n) is 4.37. The molecule has 0 aliphatic carbocycles. The summed E-state index contributed by atoms with van der Waals surface area (Å²) in [6.45, 7) is 6.30. The molecule has 0 radical (unpaired) electrons. The van der Waals surface area contributed by atoms with Gasteiger partial charge < -0.3 is 9.72 Å². The monoisotopic (exact) mass is 456 g/mol. The van der Waals surface area contributed by atoms with Gasteiger partial charge in [-0.25, -0.2) is 4.99 Å². The van der Waals surface area contributed by atoms with Crippen LogP contribution in [0.2, 0.25) is 0 Å². The van der Waals surface area contributed by atoms with E-state index in [1.807, 2.05) is 0 Å². The van der Waals surface area contributed by atoms with Gasteiger partial charge in [0.2, 0.25) is 0 Å². The molecule has 0 fully saturated rings. The molecule has 0 bridgehead atoms. The first-order valence-electron chi connectivity index (χ1n) is 7.92. The molecule has 1 aromatic rings. The molecule has 0 unspecified atom stereocenters. The number of allylic oxidation sites excluding steroid dienone is 2. The van der Waals surface area contributed by atoms with Crippen LogP contribution in [0.1, 0.15) is 49.2 Å². The Hall–Kier alpha value is -1.14. The average Bonchev–Trinajstić information content (AvgIpc) is 3.02. The maximum absolute atomic E-state index is 11.5. The van der Waals surface area contributed by atoms with Crippen LogP contribution in [0, 0.1) is 6.92 Å². The molecular weight excluding hydrogens is 436 g/mol. The standard InChI is InChI=1S/C18H22Br2N2O2/c1-5-12-11(3)18(20)22-15(12)8-14-10(2)13(16(9-19)21-14)6-7-17(23)24-4/h8,21H,5-7,9H2,1-4H3/b15-8-. The van der Waals surface area contributed by atoms with Gasteiger partial charge >= 0.3 is 5.97 Å². The van der Waals surface area contributed by atoms with Gasteiger partial charge in [0.05, 0.1) is 12.8 Å². The first-order valence-corrected chi connectivity index (χ1v) is 9.83. The minimum absolute atomic E-state index is 0.188. The number of aromatic nitrogens is 1. The molecule has 1 aliphatic rings. The zero-order chi connectivity index (χ0) is 17.9. The van der Waals surface area contributed by atoms with Crippen molar-refractivity contribution in [3.8, 4) is 0 Å². The number of rotatable bonds is 6. The van der Waals surface area contributed by atoms with Crippen molar-refractivity contribution in [1.82, 2.24) is 4.98 Å². The first-order chi connectivity index (χ1) is 11.4. The molecule has 2 rings (SSSR count). The van der Waals surface area contributed by atoms with Gasteiger partial charge in [0.25, 0.3) is 0 Å². The number of methoxy groups -OCH3 is 1. The summed E-state index contributed by atoms with van der Waals surface area (Å²) in [7, 11) is 1.42. The molecule has 0 aromatic carbocycles. The molecule has 24 heavy (non-hydrogen) atoms. The minimum Gasteiger partial charge on any atom is -0.469 e. The van der Waals surface area contributed by atoms with E-state index in [-0.39, 0.29) is 5.97 Å². The Kier molecular flexibility index (Phi) is 6.63. The van der Waals surface area contributed by atoms with E-state index in [4.69, 9.17) is 4.74 Å². The highest BCUT2D eigenvalue weighted by molar-refractivity contribution is 9.18. The zero-order valence-electron chi connectivity index (χ0n) is 14.4. The smallest absolute Gasteiger partial charge is 0.305 e. The predicted octanol–water partition coefficient (Wildman–Crippen LogP) is 5.20. The van der Waals surface area contributed by atoms with E-state index < -0.39 is 0 Å². The van der Waals surface area contributed by atoms with Crippen LogP contribution in [0.3, 0.4) is 0 Å². The Morgan fingerprint density at radius 2 is 2.08 bits per heavy atom. The second kappa shape index (κ2) is 8.30. The second-order valence-electron chi connectivity index (χ2n) is 5.72. The average molecular weight is 458 g/mol. The van der Waals surface area contributed by atoms with E-state index in [1.165, 1.54) is 23.8 Å². The summed E-state index contributed by atoms with van der Waals surface area (Å²) < 4.78 is 5.65. The molecule has 6 heteroatoms. The highest BCUT2D eigenvalue weighted by Gasteiger charge is 2.19. The first kappa shape index (κ1) is 19.2. The number of hydrogen-bond donors (Lipinski definition) is 1. The van der Waals surface area contributed by atoms with Crippen molar-refractivity contribution in [2.45, 2.75) is 45.4 Å². The normalized spacial score (nSPS) is 16.1. The van der Waals surface area contributed by atoms with Gasteiger partial charge in [-0.2, -0.15) is 0 Å². The molecule has 0 saturated carbocycles. The number of carbonyl (C=O) groups is 1. The Bertz CT molecular complexity index is 742. The van der Waals surface area contributed by atoms with Crippen LogP contribution in [0.4, 0.5) is 0 Å². The summed E-state index contributed by atoms with van der Waals surface area (Å²) in [6, 6.07) is 0. The third kappa shape index (κ3) is 3.91. The summed E-state index contributed by atoms with van der Waals surface area (Å²) in [5.74, 6) is -0.188. The molecule has 130 valence electrons. The Morgan fingerprint density at radius 3 is 2.67 bits per heavy atom. The molecule has 2 heterocycles. The SMILES string of the molecule is CCC1=C(C)C(Br)=N/C1=C\c1[nH]c(CBr)c(CCC(=O)OC)c1C. The van der Waals surface area contributed by atoms with Crippen LogP contribution in [0.25, 0.3) is 6.08 Å². The van der Waals surface area contributed by atoms with Gasteiger partial charge in [0.1, 0.15) is 4.62 Å². The number of esters is 1. The predicted molar refractivity (Wildman–Crippen MR) is 106 cm³/mol. The highest BCUT2D eigenvalue weighted by atomic mass is 79.9. The van der Waals surface area contributed by atoms with Crippen LogP contribution in [0.5, 0.6) is 0 Å². The summed E-state index contributed by atoms with van der Waals surface area (Å²) in [4.78, 5) is 19.5. The lowest BCUT2D eigenvalue weighted by atomic mass is 10.0. The number of nitrogens with zero attached hydrogens (tertiary/aromatic N) is 1. The van der Waals surface area contributed by atoms with E-state index in [0.29, 0.717) is 12.8 Å². The van der Waals surface area contributed by atoms with E-state index in [9.17, 15) is 4.79 Å². The topological polar surface area (TPSA) is 54.5 Å². The fraction of sp³-hybridized carbons (Fsp3) is 0.444. The largest absolute Gasteiger partial charge is 0.469 e. The van der Waals surface area contributed by atoms with E-state index >= 15 is 0 Å². The molecule has 1 aliphatic heterocycles. The van der Waals surface area contributed by atoms with Crippen LogP contribution < -0.4 is 0 Å². The Labute approximate surface area is 159 Å². The van der Waals surface area contributed by atoms with Crippen LogP contribution in [0.15, 0.2) is 21.8 Å². The van der Waals surface area contributed by atoms with Gasteiger partial charge in [0, 0.05) is 23.1 Å². The molecule has 0 amide bonds. The number of carbonyl (C=O) groups excluding carboxylic acids is 1. The number of halogens is 2. The zero-order valence-corrected chi connectivity index (χ0v) is 17.6. The number of hydrogen-bond acceptors (Lipinski definition) is 3. The minimum atomic E-state index is -0.188. The van der Waals surface area contributed by atoms with Crippen molar-refractivity contribution in [3.05, 3.63) is 39.4 Å². The Morgan fingerprint density at radius 1 is 1.38 bits per heavy atom. The molecule has 1 aromatic heterocycles. The van der Waals surface area contributed by atoms with Crippen molar-refractivity contribution in [2.24, 2.45) is 4.99 Å². The fourth-order valence-electron chi connectivity index (χ4n) is 2.92. The van der Waals surface area contributed by atoms with Crippen LogP contribution in [-0.2, 0) is 21.3 Å². The lowest BCUT2D eigenvalue weighted by molar-refractivity contribution is -0.140. The summed E-state index contributed by atoms with van der Waals surface area (Å²) >= 11 is 7.05. The van der Waals surface area contributed by atoms with E-state index in [1.54, 1.807) is 0 Å². The summed E-state index contributed by atoms with van der Waals surface area (Å²) in [5.41, 5.74) is 7.92. The number of aliphatic imine (C=N–C) groups is 1. The number of alkyl halides is 1. The summed E-state index contributed by atoms with van der Waals surface area (Å²) in [5, 5.41) is 0.718. The van der Waals surface area contributed by atoms with Crippen molar-refractivity contribution < 1.29 is 9.53 Å². The van der Waals surface area contributed by atoms with Crippen molar-refractivity contribution in [2.75, 3.05) is 7.11 Å². The lowest BCUT2D eigenvalue weighted by Gasteiger charge is -2.03. The summed E-state index contributed by atoms with van der Waals surface area (Å²) in [6.07, 6.45) is 4.09. The van der Waals surface area contributed by atoms with E-state index in [0.717, 1.165) is 39.0 Å². The van der Waals surface area contributed by atoms with Gasteiger partial charge in [-0.05, 0) is 71.0 Å². The highest BCUT2D eigenvalue weighted by Crippen LogP contribution is 2.33. The number of nitrogens with one attached hydrogen (secondary N) is 1. The third-order valence-corrected chi connectivity index (χ3v) is 5.70. The maximum atomic E-state index is 11.5. The van der Waals surface area contributed by atoms with Gasteiger partial charge in [-0.15, -0.1) is 0 Å². The van der Waals surface area contributed by atoms with Gasteiger partial charge in [0.15, 0.2) is 0 Å². The number of aromatic amines is 1. The maximum Gasteiger partial charge on any atom is 0.305 e. The van der Waals surface area contributed by atoms with Crippen molar-refractivity contribution >= 4 is 48.5 Å². The number of ether oxygens (including phenoxy) is 1. The van der Waals surface area contributed by atoms with Gasteiger partial charge in [-0.3, -0.25) is 4.79 Å². The molecule has 0 atom stereocenters. The fourth-order valence-corrected chi connectivity index (χ4v) is 3.83. The quantitative estimate of drug-likeness (QED) is 0.471. The van der Waals surface area contributed by atoms with E-state index in [2.05, 4.69) is 68.7 Å². The molecule has 1 N–H and O–H groups in total.